The van der Waals surface area contributed by atoms with Crippen molar-refractivity contribution in [1.29, 1.82) is 0 Å². The van der Waals surface area contributed by atoms with Crippen molar-refractivity contribution in [1.82, 2.24) is 0 Å². The van der Waals surface area contributed by atoms with E-state index in [0.717, 1.165) is 30.1 Å². The zero-order chi connectivity index (χ0) is 12.2. The van der Waals surface area contributed by atoms with Gasteiger partial charge in [0.05, 0.1) is 7.14 Å². The van der Waals surface area contributed by atoms with Gasteiger partial charge >= 0.3 is 0 Å². The van der Waals surface area contributed by atoms with Gasteiger partial charge in [0.2, 0.25) is 0 Å². The molecule has 4 bridgehead atoms. The van der Waals surface area contributed by atoms with E-state index in [0.29, 0.717) is 5.16 Å². The first-order valence-electron chi connectivity index (χ1n) is 8.27. The summed E-state index contributed by atoms with van der Waals surface area (Å²) in [7, 11) is -1.86. The maximum atomic E-state index is 13.7. The fraction of sp³-hybridized carbons (Fsp3) is 1.00. The quantitative estimate of drug-likeness (QED) is 0.617. The average molecular weight is 266 g/mol. The SMILES string of the molecule is O=P1(C23CC4CC(CC(C4)C2)C3)CCCCCC1. The monoisotopic (exact) mass is 266 g/mol. The van der Waals surface area contributed by atoms with Crippen LogP contribution < -0.4 is 0 Å². The Hall–Kier alpha value is 0.230. The average Bonchev–Trinajstić information content (AvgIpc) is 2.53. The van der Waals surface area contributed by atoms with Crippen LogP contribution in [0.15, 0.2) is 0 Å². The van der Waals surface area contributed by atoms with Crippen molar-refractivity contribution < 1.29 is 4.57 Å². The summed E-state index contributed by atoms with van der Waals surface area (Å²) in [5.41, 5.74) is 0. The van der Waals surface area contributed by atoms with Gasteiger partial charge < -0.3 is 4.57 Å². The van der Waals surface area contributed by atoms with Crippen LogP contribution >= 0.6 is 7.14 Å². The molecule has 4 aliphatic carbocycles. The third kappa shape index (κ3) is 1.69. The molecule has 1 nitrogen and oxygen atoms in total. The second-order valence-corrected chi connectivity index (χ2v) is 11.5. The molecule has 0 radical (unpaired) electrons. The summed E-state index contributed by atoms with van der Waals surface area (Å²) in [6.07, 6.45) is 16.0. The third-order valence-electron chi connectivity index (χ3n) is 6.66. The van der Waals surface area contributed by atoms with Crippen LogP contribution in [0.25, 0.3) is 0 Å². The molecule has 18 heavy (non-hydrogen) atoms. The van der Waals surface area contributed by atoms with Gasteiger partial charge in [-0.1, -0.05) is 12.8 Å². The topological polar surface area (TPSA) is 17.1 Å². The molecule has 2 heteroatoms. The zero-order valence-corrected chi connectivity index (χ0v) is 12.5. The largest absolute Gasteiger partial charge is 0.323 e. The fourth-order valence-corrected chi connectivity index (χ4v) is 10.7. The first kappa shape index (κ1) is 12.0. The molecule has 5 aliphatic rings. The smallest absolute Gasteiger partial charge is 0.0936 e. The highest BCUT2D eigenvalue weighted by Crippen LogP contribution is 2.73. The summed E-state index contributed by atoms with van der Waals surface area (Å²) in [5.74, 6) is 2.89. The Balaban J connectivity index is 1.68. The second-order valence-electron chi connectivity index (χ2n) is 7.89. The Kier molecular flexibility index (Phi) is 2.74. The van der Waals surface area contributed by atoms with Crippen LogP contribution in [0.2, 0.25) is 0 Å². The van der Waals surface area contributed by atoms with Gasteiger partial charge in [-0.25, -0.2) is 0 Å². The van der Waals surface area contributed by atoms with Gasteiger partial charge in [0, 0.05) is 17.5 Å². The molecule has 1 saturated heterocycles. The Morgan fingerprint density at radius 3 is 1.61 bits per heavy atom. The van der Waals surface area contributed by atoms with Gasteiger partial charge in [0.25, 0.3) is 0 Å². The third-order valence-corrected chi connectivity index (χ3v) is 11.0. The molecule has 0 amide bonds. The minimum absolute atomic E-state index is 0.353. The summed E-state index contributed by atoms with van der Waals surface area (Å²) in [6, 6.07) is 0. The normalized spacial score (nSPS) is 50.1. The maximum Gasteiger partial charge on any atom is 0.0936 e. The molecule has 5 rings (SSSR count). The van der Waals surface area contributed by atoms with Crippen LogP contribution in [-0.4, -0.2) is 17.5 Å². The fourth-order valence-electron chi connectivity index (χ4n) is 6.24. The van der Waals surface area contributed by atoms with Crippen LogP contribution in [0, 0.1) is 17.8 Å². The van der Waals surface area contributed by atoms with Crippen molar-refractivity contribution in [2.45, 2.75) is 69.4 Å². The summed E-state index contributed by atoms with van der Waals surface area (Å²) < 4.78 is 13.7. The van der Waals surface area contributed by atoms with E-state index in [4.69, 9.17) is 0 Å². The van der Waals surface area contributed by atoms with Gasteiger partial charge in [0.1, 0.15) is 0 Å². The molecule has 102 valence electrons. The highest BCUT2D eigenvalue weighted by atomic mass is 31.2. The van der Waals surface area contributed by atoms with Gasteiger partial charge in [-0.15, -0.1) is 0 Å². The van der Waals surface area contributed by atoms with Gasteiger partial charge in [0.15, 0.2) is 0 Å². The minimum atomic E-state index is -1.86. The highest BCUT2D eigenvalue weighted by Gasteiger charge is 2.58. The van der Waals surface area contributed by atoms with Gasteiger partial charge in [-0.05, 0) is 69.1 Å². The van der Waals surface area contributed by atoms with E-state index in [1.54, 1.807) is 0 Å². The van der Waals surface area contributed by atoms with Crippen LogP contribution in [0.4, 0.5) is 0 Å². The molecule has 0 atom stereocenters. The van der Waals surface area contributed by atoms with E-state index in [1.165, 1.54) is 64.2 Å². The van der Waals surface area contributed by atoms with Crippen molar-refractivity contribution in [2.75, 3.05) is 12.3 Å². The Labute approximate surface area is 111 Å². The molecule has 1 aliphatic heterocycles. The molecule has 0 spiro atoms. The number of rotatable bonds is 1. The molecule has 0 aromatic heterocycles. The summed E-state index contributed by atoms with van der Waals surface area (Å²) in [4.78, 5) is 0. The lowest BCUT2D eigenvalue weighted by molar-refractivity contribution is 0.0327. The molecule has 5 fully saturated rings. The lowest BCUT2D eigenvalue weighted by atomic mass is 9.56. The standard InChI is InChI=1S/C16H27OP/c17-18(5-3-1-2-4-6-18)16-10-13-7-14(11-16)9-15(8-13)12-16/h13-15H,1-12H2. The number of hydrogen-bond acceptors (Lipinski definition) is 1. The van der Waals surface area contributed by atoms with Gasteiger partial charge in [-0.2, -0.15) is 0 Å². The van der Waals surface area contributed by atoms with Crippen molar-refractivity contribution in [3.8, 4) is 0 Å². The van der Waals surface area contributed by atoms with E-state index < -0.39 is 7.14 Å². The van der Waals surface area contributed by atoms with E-state index in [9.17, 15) is 4.57 Å². The van der Waals surface area contributed by atoms with Crippen LogP contribution in [-0.2, 0) is 4.57 Å². The molecule has 1 heterocycles. The predicted octanol–water partition coefficient (Wildman–Crippen LogP) is 4.89. The van der Waals surface area contributed by atoms with Gasteiger partial charge in [-0.3, -0.25) is 0 Å². The molecule has 0 unspecified atom stereocenters. The van der Waals surface area contributed by atoms with Crippen LogP contribution in [0.3, 0.4) is 0 Å². The van der Waals surface area contributed by atoms with Crippen molar-refractivity contribution >= 4 is 7.14 Å². The van der Waals surface area contributed by atoms with Crippen molar-refractivity contribution in [3.05, 3.63) is 0 Å². The molecule has 4 saturated carbocycles. The predicted molar refractivity (Wildman–Crippen MR) is 76.7 cm³/mol. The zero-order valence-electron chi connectivity index (χ0n) is 11.6. The number of hydrogen-bond donors (Lipinski definition) is 0. The van der Waals surface area contributed by atoms with E-state index in [2.05, 4.69) is 0 Å². The molecule has 0 aromatic carbocycles. The molecule has 0 aromatic rings. The first-order chi connectivity index (χ1) is 8.69. The summed E-state index contributed by atoms with van der Waals surface area (Å²) in [6.45, 7) is 0. The van der Waals surface area contributed by atoms with E-state index in [1.807, 2.05) is 0 Å². The molecular weight excluding hydrogens is 239 g/mol. The first-order valence-corrected chi connectivity index (χ1v) is 10.4. The Bertz CT molecular complexity index is 339. The lowest BCUT2D eigenvalue weighted by Gasteiger charge is -2.59. The van der Waals surface area contributed by atoms with Crippen molar-refractivity contribution in [2.24, 2.45) is 17.8 Å². The maximum absolute atomic E-state index is 13.7. The summed E-state index contributed by atoms with van der Waals surface area (Å²) in [5, 5.41) is 0.353. The van der Waals surface area contributed by atoms with Crippen LogP contribution in [0.1, 0.15) is 64.2 Å². The minimum Gasteiger partial charge on any atom is -0.323 e. The van der Waals surface area contributed by atoms with Crippen LogP contribution in [0.5, 0.6) is 0 Å². The molecule has 0 N–H and O–H groups in total. The second kappa shape index (κ2) is 4.11. The Morgan fingerprint density at radius 2 is 1.17 bits per heavy atom. The van der Waals surface area contributed by atoms with Crippen molar-refractivity contribution in [3.63, 3.8) is 0 Å². The van der Waals surface area contributed by atoms with E-state index >= 15 is 0 Å². The lowest BCUT2D eigenvalue weighted by Crippen LogP contribution is -2.50. The molecular formula is C16H27OP. The van der Waals surface area contributed by atoms with E-state index in [-0.39, 0.29) is 0 Å². The highest BCUT2D eigenvalue weighted by molar-refractivity contribution is 7.65. The Morgan fingerprint density at radius 1 is 0.722 bits per heavy atom. The summed E-state index contributed by atoms with van der Waals surface area (Å²) >= 11 is 0.